The van der Waals surface area contributed by atoms with Crippen molar-refractivity contribution in [2.75, 3.05) is 13.1 Å². The second-order valence-electron chi connectivity index (χ2n) is 11.3. The zero-order valence-electron chi connectivity index (χ0n) is 25.3. The summed E-state index contributed by atoms with van der Waals surface area (Å²) in [5.74, 6) is 0.477. The third-order valence-corrected chi connectivity index (χ3v) is 7.51. The molecule has 4 heteroatoms. The van der Waals surface area contributed by atoms with Gasteiger partial charge in [0.05, 0.1) is 0 Å². The molecule has 0 unspecified atom stereocenters. The van der Waals surface area contributed by atoms with Crippen molar-refractivity contribution in [3.8, 4) is 0 Å². The topological polar surface area (TPSA) is 58.2 Å². The standard InChI is InChI=1S/C33H66N2O2/c1-3-5-7-9-11-13-16-20-24-28-32(36)34-30-26-22-18-15-19-23-27-31-35-33(37)29-25-21-17-14-12-10-8-6-4-2/h3-31H2,1-2H3,(H,34,36)(H,35,37). The number of unbranched alkanes of at least 4 members (excludes halogenated alkanes) is 22. The molecule has 0 fully saturated rings. The van der Waals surface area contributed by atoms with Gasteiger partial charge in [0.1, 0.15) is 0 Å². The Bertz CT molecular complexity index is 439. The summed E-state index contributed by atoms with van der Waals surface area (Å²) >= 11 is 0. The van der Waals surface area contributed by atoms with E-state index in [1.807, 2.05) is 0 Å². The summed E-state index contributed by atoms with van der Waals surface area (Å²) in [6.07, 6.45) is 33.1. The molecule has 0 radical (unpaired) electrons. The van der Waals surface area contributed by atoms with E-state index in [2.05, 4.69) is 24.5 Å². The number of carbonyl (C=O) groups excluding carboxylic acids is 2. The molecule has 4 nitrogen and oxygen atoms in total. The first-order valence-electron chi connectivity index (χ1n) is 16.7. The highest BCUT2D eigenvalue weighted by Crippen LogP contribution is 2.12. The molecule has 0 aliphatic heterocycles. The number of rotatable bonds is 30. The Morgan fingerprint density at radius 1 is 0.351 bits per heavy atom. The van der Waals surface area contributed by atoms with Crippen molar-refractivity contribution in [2.45, 2.75) is 187 Å². The molecule has 0 saturated carbocycles. The largest absolute Gasteiger partial charge is 0.356 e. The molecule has 0 saturated heterocycles. The lowest BCUT2D eigenvalue weighted by Gasteiger charge is -2.07. The third-order valence-electron chi connectivity index (χ3n) is 7.51. The van der Waals surface area contributed by atoms with E-state index in [1.54, 1.807) is 0 Å². The molecule has 0 spiro atoms. The third kappa shape index (κ3) is 31.1. The lowest BCUT2D eigenvalue weighted by Crippen LogP contribution is -2.24. The fourth-order valence-electron chi connectivity index (χ4n) is 4.96. The average Bonchev–Trinajstić information content (AvgIpc) is 2.89. The summed E-state index contributed by atoms with van der Waals surface area (Å²) in [5, 5.41) is 6.18. The zero-order chi connectivity index (χ0) is 27.1. The Morgan fingerprint density at radius 3 is 0.892 bits per heavy atom. The Labute approximate surface area is 232 Å². The maximum Gasteiger partial charge on any atom is 0.219 e. The van der Waals surface area contributed by atoms with Crippen LogP contribution in [0, 0.1) is 0 Å². The van der Waals surface area contributed by atoms with Gasteiger partial charge in [-0.15, -0.1) is 0 Å². The van der Waals surface area contributed by atoms with E-state index in [0.717, 1.165) is 38.8 Å². The van der Waals surface area contributed by atoms with E-state index < -0.39 is 0 Å². The van der Waals surface area contributed by atoms with Crippen LogP contribution in [-0.2, 0) is 9.59 Å². The van der Waals surface area contributed by atoms with Crippen LogP contribution in [0.4, 0.5) is 0 Å². The Hall–Kier alpha value is -1.06. The summed E-state index contributed by atoms with van der Waals surface area (Å²) in [7, 11) is 0. The average molecular weight is 523 g/mol. The highest BCUT2D eigenvalue weighted by Gasteiger charge is 2.02. The van der Waals surface area contributed by atoms with Crippen molar-refractivity contribution >= 4 is 11.8 Å². The van der Waals surface area contributed by atoms with Crippen LogP contribution in [0.2, 0.25) is 0 Å². The quantitative estimate of drug-likeness (QED) is 0.0922. The molecule has 0 aliphatic rings. The van der Waals surface area contributed by atoms with E-state index in [4.69, 9.17) is 0 Å². The predicted molar refractivity (Wildman–Crippen MR) is 162 cm³/mol. The summed E-state index contributed by atoms with van der Waals surface area (Å²) in [6, 6.07) is 0. The maximum absolute atomic E-state index is 11.9. The second-order valence-corrected chi connectivity index (χ2v) is 11.3. The molecule has 0 aliphatic carbocycles. The van der Waals surface area contributed by atoms with Crippen LogP contribution in [-0.4, -0.2) is 24.9 Å². The second kappa shape index (κ2) is 31.2. The summed E-state index contributed by atoms with van der Waals surface area (Å²) in [6.45, 7) is 6.19. The van der Waals surface area contributed by atoms with Gasteiger partial charge in [-0.05, 0) is 25.7 Å². The molecular weight excluding hydrogens is 456 g/mol. The van der Waals surface area contributed by atoms with E-state index in [1.165, 1.54) is 135 Å². The molecule has 220 valence electrons. The normalized spacial score (nSPS) is 11.1. The molecule has 2 amide bonds. The minimum Gasteiger partial charge on any atom is -0.356 e. The first kappa shape index (κ1) is 35.9. The minimum atomic E-state index is 0.239. The minimum absolute atomic E-state index is 0.239. The summed E-state index contributed by atoms with van der Waals surface area (Å²) in [4.78, 5) is 23.9. The van der Waals surface area contributed by atoms with Crippen LogP contribution in [0.3, 0.4) is 0 Å². The fraction of sp³-hybridized carbons (Fsp3) is 0.939. The van der Waals surface area contributed by atoms with Gasteiger partial charge in [0.15, 0.2) is 0 Å². The predicted octanol–water partition coefficient (Wildman–Crippen LogP) is 9.79. The van der Waals surface area contributed by atoms with Crippen LogP contribution in [0.5, 0.6) is 0 Å². The summed E-state index contributed by atoms with van der Waals surface area (Å²) < 4.78 is 0. The Kier molecular flexibility index (Phi) is 30.3. The first-order valence-corrected chi connectivity index (χ1v) is 16.7. The van der Waals surface area contributed by atoms with Crippen molar-refractivity contribution in [1.29, 1.82) is 0 Å². The highest BCUT2D eigenvalue weighted by molar-refractivity contribution is 5.76. The smallest absolute Gasteiger partial charge is 0.219 e. The van der Waals surface area contributed by atoms with Crippen LogP contribution in [0.1, 0.15) is 187 Å². The van der Waals surface area contributed by atoms with Gasteiger partial charge in [0.25, 0.3) is 0 Å². The Morgan fingerprint density at radius 2 is 0.595 bits per heavy atom. The van der Waals surface area contributed by atoms with Gasteiger partial charge in [-0.3, -0.25) is 9.59 Å². The molecule has 0 bridgehead atoms. The van der Waals surface area contributed by atoms with Crippen LogP contribution >= 0.6 is 0 Å². The van der Waals surface area contributed by atoms with Crippen LogP contribution in [0.25, 0.3) is 0 Å². The van der Waals surface area contributed by atoms with E-state index in [-0.39, 0.29) is 11.8 Å². The summed E-state index contributed by atoms with van der Waals surface area (Å²) in [5.41, 5.74) is 0. The van der Waals surface area contributed by atoms with Crippen molar-refractivity contribution < 1.29 is 9.59 Å². The number of amides is 2. The van der Waals surface area contributed by atoms with Gasteiger partial charge >= 0.3 is 0 Å². The van der Waals surface area contributed by atoms with Crippen LogP contribution in [0.15, 0.2) is 0 Å². The van der Waals surface area contributed by atoms with E-state index >= 15 is 0 Å². The molecule has 0 aromatic carbocycles. The molecule has 37 heavy (non-hydrogen) atoms. The van der Waals surface area contributed by atoms with E-state index in [0.29, 0.717) is 12.8 Å². The number of carbonyl (C=O) groups is 2. The lowest BCUT2D eigenvalue weighted by molar-refractivity contribution is -0.122. The number of nitrogens with one attached hydrogen (secondary N) is 2. The molecule has 0 aromatic rings. The molecule has 0 rings (SSSR count). The maximum atomic E-state index is 11.9. The number of hydrogen-bond donors (Lipinski definition) is 2. The van der Waals surface area contributed by atoms with Crippen LogP contribution < -0.4 is 10.6 Å². The van der Waals surface area contributed by atoms with Crippen molar-refractivity contribution in [2.24, 2.45) is 0 Å². The first-order chi connectivity index (χ1) is 18.2. The zero-order valence-corrected chi connectivity index (χ0v) is 25.3. The van der Waals surface area contributed by atoms with Gasteiger partial charge in [-0.1, -0.05) is 149 Å². The molecular formula is C33H66N2O2. The van der Waals surface area contributed by atoms with Gasteiger partial charge in [-0.25, -0.2) is 0 Å². The van der Waals surface area contributed by atoms with Crippen molar-refractivity contribution in [1.82, 2.24) is 10.6 Å². The Balaban J connectivity index is 3.23. The van der Waals surface area contributed by atoms with Crippen molar-refractivity contribution in [3.63, 3.8) is 0 Å². The van der Waals surface area contributed by atoms with Gasteiger partial charge in [0.2, 0.25) is 11.8 Å². The molecule has 0 heterocycles. The van der Waals surface area contributed by atoms with E-state index in [9.17, 15) is 9.59 Å². The molecule has 0 atom stereocenters. The molecule has 0 aromatic heterocycles. The molecule has 2 N–H and O–H groups in total. The van der Waals surface area contributed by atoms with Gasteiger partial charge < -0.3 is 10.6 Å². The van der Waals surface area contributed by atoms with Gasteiger partial charge in [-0.2, -0.15) is 0 Å². The number of hydrogen-bond acceptors (Lipinski definition) is 2. The van der Waals surface area contributed by atoms with Gasteiger partial charge in [0, 0.05) is 25.9 Å². The monoisotopic (exact) mass is 523 g/mol. The SMILES string of the molecule is CCCCCCCCCCCC(=O)NCCCCCCCCCNC(=O)CCCCCCCCCCC. The fourth-order valence-corrected chi connectivity index (χ4v) is 4.96. The highest BCUT2D eigenvalue weighted by atomic mass is 16.2. The lowest BCUT2D eigenvalue weighted by atomic mass is 10.1. The van der Waals surface area contributed by atoms with Crippen molar-refractivity contribution in [3.05, 3.63) is 0 Å².